The summed E-state index contributed by atoms with van der Waals surface area (Å²) in [5.74, 6) is 1.53. The molecular weight excluding hydrogens is 406 g/mol. The van der Waals surface area contributed by atoms with Crippen LogP contribution in [0.3, 0.4) is 0 Å². The Kier molecular flexibility index (Phi) is 6.07. The minimum absolute atomic E-state index is 0.305. The highest BCUT2D eigenvalue weighted by Gasteiger charge is 2.20. The molecule has 0 saturated carbocycles. The van der Waals surface area contributed by atoms with Gasteiger partial charge in [0.15, 0.2) is 0 Å². The number of hydrogen-bond acceptors (Lipinski definition) is 5. The molecule has 1 N–H and O–H groups in total. The van der Waals surface area contributed by atoms with Crippen LogP contribution in [0.5, 0.6) is 17.2 Å². The highest BCUT2D eigenvalue weighted by Crippen LogP contribution is 2.29. The molecule has 3 aromatic carbocycles. The Morgan fingerprint density at radius 2 is 1.50 bits per heavy atom. The van der Waals surface area contributed by atoms with Gasteiger partial charge in [-0.1, -0.05) is 30.3 Å². The third kappa shape index (κ3) is 4.41. The summed E-state index contributed by atoms with van der Waals surface area (Å²) >= 11 is 0. The molecule has 4 rings (SSSR count). The van der Waals surface area contributed by atoms with Crippen LogP contribution in [0.1, 0.15) is 10.4 Å². The highest BCUT2D eigenvalue weighted by molar-refractivity contribution is 6.08. The van der Waals surface area contributed by atoms with Crippen molar-refractivity contribution in [1.82, 2.24) is 9.78 Å². The minimum atomic E-state index is -0.305. The van der Waals surface area contributed by atoms with Crippen LogP contribution in [0.2, 0.25) is 0 Å². The molecular formula is C25H23N3O4. The van der Waals surface area contributed by atoms with Crippen molar-refractivity contribution in [3.05, 3.63) is 84.6 Å². The summed E-state index contributed by atoms with van der Waals surface area (Å²) in [6.45, 7) is 0. The van der Waals surface area contributed by atoms with E-state index in [1.165, 1.54) is 0 Å². The molecule has 0 saturated heterocycles. The standard InChI is InChI=1S/C25H23N3O4/c1-30-20-11-7-8-17(12-20)24-23(16-28(27-24)19-9-5-4-6-10-19)25(29)26-18-13-21(31-2)15-22(14-18)32-3/h4-16H,1-3H3,(H,26,29). The van der Waals surface area contributed by atoms with Crippen molar-refractivity contribution in [3.8, 4) is 34.2 Å². The van der Waals surface area contributed by atoms with Gasteiger partial charge >= 0.3 is 0 Å². The van der Waals surface area contributed by atoms with Gasteiger partial charge in [-0.25, -0.2) is 4.68 Å². The van der Waals surface area contributed by atoms with Crippen LogP contribution in [0.15, 0.2) is 79.0 Å². The number of methoxy groups -OCH3 is 3. The quantitative estimate of drug-likeness (QED) is 0.456. The summed E-state index contributed by atoms with van der Waals surface area (Å²) < 4.78 is 17.6. The molecule has 0 bridgehead atoms. The predicted molar refractivity (Wildman–Crippen MR) is 123 cm³/mol. The Balaban J connectivity index is 1.76. The number of ether oxygens (including phenoxy) is 3. The number of nitrogens with one attached hydrogen (secondary N) is 1. The van der Waals surface area contributed by atoms with E-state index in [1.807, 2.05) is 54.6 Å². The number of carbonyl (C=O) groups excluding carboxylic acids is 1. The third-order valence-electron chi connectivity index (χ3n) is 4.93. The van der Waals surface area contributed by atoms with Crippen LogP contribution in [-0.4, -0.2) is 37.0 Å². The first-order valence-corrected chi connectivity index (χ1v) is 9.95. The summed E-state index contributed by atoms with van der Waals surface area (Å²) in [5, 5.41) is 7.63. The lowest BCUT2D eigenvalue weighted by atomic mass is 10.1. The molecule has 0 spiro atoms. The van der Waals surface area contributed by atoms with Crippen LogP contribution in [0.25, 0.3) is 16.9 Å². The number of benzene rings is 3. The van der Waals surface area contributed by atoms with E-state index in [2.05, 4.69) is 5.32 Å². The van der Waals surface area contributed by atoms with Crippen LogP contribution in [0, 0.1) is 0 Å². The molecule has 1 heterocycles. The first-order valence-electron chi connectivity index (χ1n) is 9.95. The fourth-order valence-corrected chi connectivity index (χ4v) is 3.31. The average Bonchev–Trinajstić information content (AvgIpc) is 3.30. The van der Waals surface area contributed by atoms with Crippen molar-refractivity contribution in [2.24, 2.45) is 0 Å². The van der Waals surface area contributed by atoms with E-state index in [1.54, 1.807) is 50.4 Å². The van der Waals surface area contributed by atoms with Gasteiger partial charge < -0.3 is 19.5 Å². The zero-order valence-electron chi connectivity index (χ0n) is 18.0. The van der Waals surface area contributed by atoms with Gasteiger partial charge in [-0.3, -0.25) is 4.79 Å². The molecule has 0 radical (unpaired) electrons. The number of anilines is 1. The maximum absolute atomic E-state index is 13.3. The molecule has 0 aliphatic heterocycles. The Morgan fingerprint density at radius 1 is 0.812 bits per heavy atom. The largest absolute Gasteiger partial charge is 0.497 e. The van der Waals surface area contributed by atoms with Gasteiger partial charge in [0.1, 0.15) is 22.9 Å². The van der Waals surface area contributed by atoms with Gasteiger partial charge in [-0.15, -0.1) is 0 Å². The van der Waals surface area contributed by atoms with Crippen molar-refractivity contribution < 1.29 is 19.0 Å². The van der Waals surface area contributed by atoms with Crippen molar-refractivity contribution >= 4 is 11.6 Å². The van der Waals surface area contributed by atoms with Gasteiger partial charge in [0, 0.05) is 35.6 Å². The number of nitrogens with zero attached hydrogens (tertiary/aromatic N) is 2. The SMILES string of the molecule is COc1cc(NC(=O)c2cn(-c3ccccc3)nc2-c2cccc(OC)c2)cc(OC)c1. The minimum Gasteiger partial charge on any atom is -0.497 e. The first kappa shape index (κ1) is 21.0. The molecule has 7 nitrogen and oxygen atoms in total. The Morgan fingerprint density at radius 3 is 2.16 bits per heavy atom. The van der Waals surface area contributed by atoms with Crippen LogP contribution in [0.4, 0.5) is 5.69 Å². The highest BCUT2D eigenvalue weighted by atomic mass is 16.5. The van der Waals surface area contributed by atoms with E-state index < -0.39 is 0 Å². The molecule has 162 valence electrons. The first-order chi connectivity index (χ1) is 15.6. The second-order valence-electron chi connectivity index (χ2n) is 6.96. The number of aromatic nitrogens is 2. The summed E-state index contributed by atoms with van der Waals surface area (Å²) in [4.78, 5) is 13.3. The average molecular weight is 429 g/mol. The van der Waals surface area contributed by atoms with Crippen LogP contribution >= 0.6 is 0 Å². The van der Waals surface area contributed by atoms with Gasteiger partial charge in [0.2, 0.25) is 0 Å². The van der Waals surface area contributed by atoms with Gasteiger partial charge in [0.25, 0.3) is 5.91 Å². The van der Waals surface area contributed by atoms with E-state index in [9.17, 15) is 4.79 Å². The molecule has 0 atom stereocenters. The lowest BCUT2D eigenvalue weighted by Gasteiger charge is -2.10. The number of carbonyl (C=O) groups is 1. The number of amides is 1. The van der Waals surface area contributed by atoms with Crippen molar-refractivity contribution in [2.75, 3.05) is 26.6 Å². The lowest BCUT2D eigenvalue weighted by Crippen LogP contribution is -2.12. The third-order valence-corrected chi connectivity index (χ3v) is 4.93. The van der Waals surface area contributed by atoms with E-state index in [-0.39, 0.29) is 5.91 Å². The number of para-hydroxylation sites is 1. The Labute approximate surface area is 186 Å². The fraction of sp³-hybridized carbons (Fsp3) is 0.120. The van der Waals surface area contributed by atoms with Crippen LogP contribution in [-0.2, 0) is 0 Å². The fourth-order valence-electron chi connectivity index (χ4n) is 3.31. The van der Waals surface area contributed by atoms with Gasteiger partial charge in [-0.05, 0) is 24.3 Å². The summed E-state index contributed by atoms with van der Waals surface area (Å²) in [7, 11) is 4.72. The molecule has 7 heteroatoms. The maximum atomic E-state index is 13.3. The Hall–Kier alpha value is -4.26. The molecule has 1 amide bonds. The normalized spacial score (nSPS) is 10.5. The van der Waals surface area contributed by atoms with E-state index in [4.69, 9.17) is 19.3 Å². The monoisotopic (exact) mass is 429 g/mol. The van der Waals surface area contributed by atoms with Gasteiger partial charge in [-0.2, -0.15) is 5.10 Å². The second kappa shape index (κ2) is 9.26. The van der Waals surface area contributed by atoms with Crippen molar-refractivity contribution in [3.63, 3.8) is 0 Å². The predicted octanol–water partition coefficient (Wildman–Crippen LogP) is 4.82. The summed E-state index contributed by atoms with van der Waals surface area (Å²) in [6.07, 6.45) is 1.72. The van der Waals surface area contributed by atoms with E-state index in [0.29, 0.717) is 34.2 Å². The Bertz CT molecular complexity index is 1210. The van der Waals surface area contributed by atoms with Crippen LogP contribution < -0.4 is 19.5 Å². The molecule has 1 aromatic heterocycles. The zero-order valence-corrected chi connectivity index (χ0v) is 18.0. The van der Waals surface area contributed by atoms with E-state index >= 15 is 0 Å². The van der Waals surface area contributed by atoms with Gasteiger partial charge in [0.05, 0.1) is 32.6 Å². The molecule has 0 fully saturated rings. The summed E-state index contributed by atoms with van der Waals surface area (Å²) in [5.41, 5.74) is 3.13. The van der Waals surface area contributed by atoms with Crippen molar-refractivity contribution in [2.45, 2.75) is 0 Å². The van der Waals surface area contributed by atoms with Crippen molar-refractivity contribution in [1.29, 1.82) is 0 Å². The second-order valence-corrected chi connectivity index (χ2v) is 6.96. The molecule has 0 aliphatic carbocycles. The summed E-state index contributed by atoms with van der Waals surface area (Å²) in [6, 6.07) is 22.3. The number of rotatable bonds is 7. The zero-order chi connectivity index (χ0) is 22.5. The smallest absolute Gasteiger partial charge is 0.259 e. The molecule has 0 aliphatic rings. The lowest BCUT2D eigenvalue weighted by molar-refractivity contribution is 0.102. The maximum Gasteiger partial charge on any atom is 0.259 e. The molecule has 32 heavy (non-hydrogen) atoms. The molecule has 0 unspecified atom stereocenters. The van der Waals surface area contributed by atoms with E-state index in [0.717, 1.165) is 11.3 Å². The number of hydrogen-bond donors (Lipinski definition) is 1. The topological polar surface area (TPSA) is 74.6 Å². The molecule has 4 aromatic rings.